The van der Waals surface area contributed by atoms with Crippen LogP contribution in [0.25, 0.3) is 5.95 Å². The molecule has 3 heterocycles. The lowest BCUT2D eigenvalue weighted by atomic mass is 10.1. The van der Waals surface area contributed by atoms with Crippen LogP contribution in [0.15, 0.2) is 12.7 Å². The fraction of sp³-hybridized carbons (Fsp3) is 0.583. The van der Waals surface area contributed by atoms with Gasteiger partial charge in [0, 0.05) is 19.7 Å². The molecule has 0 saturated carbocycles. The molecular weight excluding hydrogens is 294 g/mol. The zero-order chi connectivity index (χ0) is 14.7. The first-order chi connectivity index (χ1) is 10.3. The predicted octanol–water partition coefficient (Wildman–Crippen LogP) is 1.11. The molecule has 0 bridgehead atoms. The fourth-order valence-electron chi connectivity index (χ4n) is 2.38. The first kappa shape index (κ1) is 14.2. The lowest BCUT2D eigenvalue weighted by Crippen LogP contribution is -2.40. The summed E-state index contributed by atoms with van der Waals surface area (Å²) in [6.45, 7) is 4.34. The molecule has 0 amide bonds. The van der Waals surface area contributed by atoms with Gasteiger partial charge in [-0.3, -0.25) is 0 Å². The Morgan fingerprint density at radius 2 is 2.19 bits per heavy atom. The van der Waals surface area contributed by atoms with Crippen LogP contribution in [0.3, 0.4) is 0 Å². The highest BCUT2D eigenvalue weighted by molar-refractivity contribution is 6.28. The summed E-state index contributed by atoms with van der Waals surface area (Å²) in [7, 11) is 0. The van der Waals surface area contributed by atoms with Gasteiger partial charge in [-0.1, -0.05) is 0 Å². The minimum atomic E-state index is 0.143. The van der Waals surface area contributed by atoms with Crippen molar-refractivity contribution >= 4 is 17.5 Å². The fourth-order valence-corrected chi connectivity index (χ4v) is 2.53. The summed E-state index contributed by atoms with van der Waals surface area (Å²) < 4.78 is 7.15. The molecule has 0 N–H and O–H groups in total. The van der Waals surface area contributed by atoms with E-state index in [2.05, 4.69) is 29.9 Å². The number of rotatable bonds is 4. The Labute approximate surface area is 127 Å². The molecule has 21 heavy (non-hydrogen) atoms. The Kier molecular flexibility index (Phi) is 4.26. The van der Waals surface area contributed by atoms with Crippen molar-refractivity contribution in [3.63, 3.8) is 0 Å². The second-order valence-electron chi connectivity index (χ2n) is 4.71. The standard InChI is InChI=1S/C12H16ClN7O/c1-2-21-9-4-3-5-19(6-9)11-16-10(13)17-12(18-11)20-8-14-7-15-20/h7-9H,2-6H2,1H3. The van der Waals surface area contributed by atoms with E-state index in [9.17, 15) is 0 Å². The van der Waals surface area contributed by atoms with Crippen molar-refractivity contribution in [2.24, 2.45) is 0 Å². The van der Waals surface area contributed by atoms with E-state index in [0.29, 0.717) is 18.5 Å². The molecule has 1 saturated heterocycles. The molecule has 9 heteroatoms. The number of halogens is 1. The molecule has 0 aliphatic carbocycles. The number of ether oxygens (including phenoxy) is 1. The van der Waals surface area contributed by atoms with Crippen molar-refractivity contribution in [1.29, 1.82) is 0 Å². The van der Waals surface area contributed by atoms with Gasteiger partial charge in [0.15, 0.2) is 0 Å². The predicted molar refractivity (Wildman–Crippen MR) is 76.6 cm³/mol. The SMILES string of the molecule is CCOC1CCCN(c2nc(Cl)nc(-n3cncn3)n2)C1. The van der Waals surface area contributed by atoms with E-state index >= 15 is 0 Å². The van der Waals surface area contributed by atoms with Crippen molar-refractivity contribution in [1.82, 2.24) is 29.7 Å². The van der Waals surface area contributed by atoms with Crippen molar-refractivity contribution in [2.75, 3.05) is 24.6 Å². The molecule has 2 aromatic rings. The van der Waals surface area contributed by atoms with Crippen LogP contribution >= 0.6 is 11.6 Å². The van der Waals surface area contributed by atoms with Gasteiger partial charge in [0.25, 0.3) is 5.95 Å². The van der Waals surface area contributed by atoms with Gasteiger partial charge < -0.3 is 9.64 Å². The van der Waals surface area contributed by atoms with Crippen LogP contribution in [-0.4, -0.2) is 55.5 Å². The molecule has 0 radical (unpaired) electrons. The quantitative estimate of drug-likeness (QED) is 0.836. The summed E-state index contributed by atoms with van der Waals surface area (Å²) in [6, 6.07) is 0. The molecule has 0 aromatic carbocycles. The minimum absolute atomic E-state index is 0.143. The third kappa shape index (κ3) is 3.27. The summed E-state index contributed by atoms with van der Waals surface area (Å²) in [4.78, 5) is 18.7. The molecule has 1 fully saturated rings. The number of hydrogen-bond acceptors (Lipinski definition) is 7. The molecule has 3 rings (SSSR count). The van der Waals surface area contributed by atoms with Gasteiger partial charge in [-0.15, -0.1) is 0 Å². The monoisotopic (exact) mass is 309 g/mol. The van der Waals surface area contributed by atoms with Crippen molar-refractivity contribution < 1.29 is 4.74 Å². The van der Waals surface area contributed by atoms with Gasteiger partial charge >= 0.3 is 0 Å². The number of aromatic nitrogens is 6. The lowest BCUT2D eigenvalue weighted by Gasteiger charge is -2.32. The summed E-state index contributed by atoms with van der Waals surface area (Å²) in [5.74, 6) is 0.908. The minimum Gasteiger partial charge on any atom is -0.377 e. The van der Waals surface area contributed by atoms with E-state index in [1.165, 1.54) is 17.3 Å². The molecule has 1 aliphatic rings. The zero-order valence-electron chi connectivity index (χ0n) is 11.7. The number of anilines is 1. The number of nitrogens with zero attached hydrogens (tertiary/aromatic N) is 7. The topological polar surface area (TPSA) is 81.9 Å². The van der Waals surface area contributed by atoms with E-state index in [-0.39, 0.29) is 11.4 Å². The van der Waals surface area contributed by atoms with Crippen LogP contribution in [0.2, 0.25) is 5.28 Å². The van der Waals surface area contributed by atoms with E-state index in [1.54, 1.807) is 0 Å². The Hall–Kier alpha value is -1.80. The Morgan fingerprint density at radius 1 is 1.33 bits per heavy atom. The molecule has 0 spiro atoms. The maximum absolute atomic E-state index is 6.00. The van der Waals surface area contributed by atoms with E-state index in [1.807, 2.05) is 6.92 Å². The Morgan fingerprint density at radius 3 is 2.95 bits per heavy atom. The molecule has 1 aliphatic heterocycles. The van der Waals surface area contributed by atoms with Gasteiger partial charge in [0.2, 0.25) is 11.2 Å². The van der Waals surface area contributed by atoms with Gasteiger partial charge in [-0.2, -0.15) is 24.7 Å². The number of piperidine rings is 1. The largest absolute Gasteiger partial charge is 0.377 e. The van der Waals surface area contributed by atoms with E-state index in [0.717, 1.165) is 25.9 Å². The third-order valence-corrected chi connectivity index (χ3v) is 3.44. The van der Waals surface area contributed by atoms with Crippen LogP contribution in [0.5, 0.6) is 0 Å². The van der Waals surface area contributed by atoms with Crippen LogP contribution < -0.4 is 4.90 Å². The molecular formula is C12H16ClN7O. The molecule has 112 valence electrons. The Bertz CT molecular complexity index is 589. The molecule has 8 nitrogen and oxygen atoms in total. The average molecular weight is 310 g/mol. The maximum atomic E-state index is 6.00. The first-order valence-electron chi connectivity index (χ1n) is 6.89. The highest BCUT2D eigenvalue weighted by Gasteiger charge is 2.23. The normalized spacial score (nSPS) is 19.0. The number of hydrogen-bond donors (Lipinski definition) is 0. The zero-order valence-corrected chi connectivity index (χ0v) is 12.4. The lowest BCUT2D eigenvalue weighted by molar-refractivity contribution is 0.0523. The third-order valence-electron chi connectivity index (χ3n) is 3.27. The van der Waals surface area contributed by atoms with Crippen LogP contribution in [0, 0.1) is 0 Å². The van der Waals surface area contributed by atoms with Crippen molar-refractivity contribution in [2.45, 2.75) is 25.9 Å². The van der Waals surface area contributed by atoms with Gasteiger partial charge in [-0.05, 0) is 31.4 Å². The maximum Gasteiger partial charge on any atom is 0.258 e. The second-order valence-corrected chi connectivity index (χ2v) is 5.05. The first-order valence-corrected chi connectivity index (χ1v) is 7.27. The highest BCUT2D eigenvalue weighted by atomic mass is 35.5. The smallest absolute Gasteiger partial charge is 0.258 e. The van der Waals surface area contributed by atoms with Crippen molar-refractivity contribution in [3.05, 3.63) is 17.9 Å². The summed E-state index contributed by atoms with van der Waals surface area (Å²) in [5.41, 5.74) is 0. The molecule has 1 atom stereocenters. The summed E-state index contributed by atoms with van der Waals surface area (Å²) >= 11 is 6.00. The van der Waals surface area contributed by atoms with Crippen LogP contribution in [0.1, 0.15) is 19.8 Å². The van der Waals surface area contributed by atoms with Gasteiger partial charge in [0.05, 0.1) is 6.10 Å². The van der Waals surface area contributed by atoms with Crippen molar-refractivity contribution in [3.8, 4) is 5.95 Å². The van der Waals surface area contributed by atoms with Gasteiger partial charge in [-0.25, -0.2) is 4.98 Å². The molecule has 2 aromatic heterocycles. The van der Waals surface area contributed by atoms with E-state index < -0.39 is 0 Å². The second kappa shape index (κ2) is 6.31. The highest BCUT2D eigenvalue weighted by Crippen LogP contribution is 2.19. The molecule has 1 unspecified atom stereocenters. The average Bonchev–Trinajstić information content (AvgIpc) is 3.01. The van der Waals surface area contributed by atoms with E-state index in [4.69, 9.17) is 16.3 Å². The van der Waals surface area contributed by atoms with Crippen LogP contribution in [-0.2, 0) is 4.74 Å². The van der Waals surface area contributed by atoms with Crippen LogP contribution in [0.4, 0.5) is 5.95 Å². The Balaban J connectivity index is 1.84. The summed E-state index contributed by atoms with van der Waals surface area (Å²) in [5, 5.41) is 4.15. The van der Waals surface area contributed by atoms with Gasteiger partial charge in [0.1, 0.15) is 12.7 Å². The summed E-state index contributed by atoms with van der Waals surface area (Å²) in [6.07, 6.45) is 5.23.